The summed E-state index contributed by atoms with van der Waals surface area (Å²) in [5, 5.41) is 18.5. The van der Waals surface area contributed by atoms with Gasteiger partial charge in [0.15, 0.2) is 11.5 Å². The number of carbonyl (C=O) groups excluding carboxylic acids is 2. The number of nitrogens with zero attached hydrogens (tertiary/aromatic N) is 3. The predicted octanol–water partition coefficient (Wildman–Crippen LogP) is 2.73. The molecule has 0 radical (unpaired) electrons. The molecule has 1 aromatic heterocycles. The average molecular weight is 341 g/mol. The SMILES string of the molecule is Cc1ccccc1C1C(C(=O)C2CC2)=C(O)C(=O)N1c1nncs1. The number of ketones is 1. The van der Waals surface area contributed by atoms with Crippen LogP contribution in [0, 0.1) is 12.8 Å². The minimum absolute atomic E-state index is 0.0872. The van der Waals surface area contributed by atoms with E-state index in [1.54, 1.807) is 0 Å². The van der Waals surface area contributed by atoms with Crippen molar-refractivity contribution >= 4 is 28.2 Å². The van der Waals surface area contributed by atoms with Crippen LogP contribution in [0.15, 0.2) is 41.1 Å². The number of Topliss-reactive ketones (excluding diaryl/α,β-unsaturated/α-hetero) is 1. The van der Waals surface area contributed by atoms with Gasteiger partial charge in [-0.2, -0.15) is 0 Å². The standard InChI is InChI=1S/C17H15N3O3S/c1-9-4-2-3-5-11(9)13-12(14(21)10-6-7-10)15(22)16(23)20(13)17-19-18-8-24-17/h2-5,8,10,13,22H,6-7H2,1H3. The van der Waals surface area contributed by atoms with Gasteiger partial charge in [-0.05, 0) is 30.9 Å². The molecule has 1 fully saturated rings. The number of aliphatic hydroxyl groups excluding tert-OH is 1. The van der Waals surface area contributed by atoms with Gasteiger partial charge in [0, 0.05) is 5.92 Å². The third-order valence-corrected chi connectivity index (χ3v) is 5.15. The maximum atomic E-state index is 12.7. The molecule has 0 saturated heterocycles. The van der Waals surface area contributed by atoms with Crippen molar-refractivity contribution in [3.63, 3.8) is 0 Å². The Morgan fingerprint density at radius 3 is 2.71 bits per heavy atom. The van der Waals surface area contributed by atoms with Crippen LogP contribution >= 0.6 is 11.3 Å². The summed E-state index contributed by atoms with van der Waals surface area (Å²) in [6, 6.07) is 6.91. The molecule has 0 bridgehead atoms. The molecule has 4 rings (SSSR count). The molecular formula is C17H15N3O3S. The quantitative estimate of drug-likeness (QED) is 0.924. The van der Waals surface area contributed by atoms with Crippen molar-refractivity contribution in [3.05, 3.63) is 52.2 Å². The van der Waals surface area contributed by atoms with E-state index in [0.29, 0.717) is 5.13 Å². The van der Waals surface area contributed by atoms with Gasteiger partial charge in [-0.3, -0.25) is 14.5 Å². The highest BCUT2D eigenvalue weighted by molar-refractivity contribution is 7.13. The highest BCUT2D eigenvalue weighted by Crippen LogP contribution is 2.45. The van der Waals surface area contributed by atoms with Crippen LogP contribution in [0.5, 0.6) is 0 Å². The summed E-state index contributed by atoms with van der Waals surface area (Å²) in [7, 11) is 0. The largest absolute Gasteiger partial charge is 0.503 e. The molecule has 2 aromatic rings. The van der Waals surface area contributed by atoms with Crippen molar-refractivity contribution in [2.24, 2.45) is 5.92 Å². The first-order valence-corrected chi connectivity index (χ1v) is 8.60. The summed E-state index contributed by atoms with van der Waals surface area (Å²) in [4.78, 5) is 26.8. The van der Waals surface area contributed by atoms with E-state index in [2.05, 4.69) is 10.2 Å². The van der Waals surface area contributed by atoms with Crippen molar-refractivity contribution < 1.29 is 14.7 Å². The number of aliphatic hydroxyl groups is 1. The molecule has 2 heterocycles. The molecule has 1 aliphatic carbocycles. The topological polar surface area (TPSA) is 83.4 Å². The molecular weight excluding hydrogens is 326 g/mol. The van der Waals surface area contributed by atoms with Gasteiger partial charge in [-0.1, -0.05) is 35.6 Å². The molecule has 1 aliphatic heterocycles. The highest BCUT2D eigenvalue weighted by atomic mass is 32.1. The van der Waals surface area contributed by atoms with Crippen molar-refractivity contribution in [1.29, 1.82) is 0 Å². The van der Waals surface area contributed by atoms with Crippen molar-refractivity contribution in [2.75, 3.05) is 4.90 Å². The third-order valence-electron chi connectivity index (χ3n) is 4.46. The fourth-order valence-corrected chi connectivity index (χ4v) is 3.66. The third kappa shape index (κ3) is 2.24. The Kier molecular flexibility index (Phi) is 3.45. The lowest BCUT2D eigenvalue weighted by Crippen LogP contribution is -2.31. The lowest BCUT2D eigenvalue weighted by Gasteiger charge is -2.25. The minimum atomic E-state index is -0.653. The number of carbonyl (C=O) groups is 2. The molecule has 1 aromatic carbocycles. The van der Waals surface area contributed by atoms with Gasteiger partial charge >= 0.3 is 0 Å². The van der Waals surface area contributed by atoms with Crippen LogP contribution in [0.1, 0.15) is 30.0 Å². The first-order chi connectivity index (χ1) is 11.6. The van der Waals surface area contributed by atoms with Crippen molar-refractivity contribution in [1.82, 2.24) is 10.2 Å². The summed E-state index contributed by atoms with van der Waals surface area (Å²) < 4.78 is 0. The average Bonchev–Trinajstić information content (AvgIpc) is 3.23. The Bertz CT molecular complexity index is 856. The molecule has 7 heteroatoms. The van der Waals surface area contributed by atoms with Gasteiger partial charge in [-0.15, -0.1) is 10.2 Å². The number of benzene rings is 1. The van der Waals surface area contributed by atoms with E-state index in [0.717, 1.165) is 24.0 Å². The summed E-state index contributed by atoms with van der Waals surface area (Å²) in [5.41, 5.74) is 3.47. The Labute approximate surface area is 142 Å². The van der Waals surface area contributed by atoms with Gasteiger partial charge in [0.1, 0.15) is 5.51 Å². The van der Waals surface area contributed by atoms with Gasteiger partial charge < -0.3 is 5.11 Å². The second-order valence-corrected chi connectivity index (χ2v) is 6.87. The Morgan fingerprint density at radius 2 is 2.08 bits per heavy atom. The molecule has 2 aliphatic rings. The van der Waals surface area contributed by atoms with Crippen molar-refractivity contribution in [2.45, 2.75) is 25.8 Å². The Balaban J connectivity index is 1.89. The number of hydrogen-bond acceptors (Lipinski definition) is 6. The first kappa shape index (κ1) is 15.0. The van der Waals surface area contributed by atoms with Crippen LogP contribution in [-0.2, 0) is 9.59 Å². The van der Waals surface area contributed by atoms with E-state index in [9.17, 15) is 14.7 Å². The molecule has 24 heavy (non-hydrogen) atoms. The lowest BCUT2D eigenvalue weighted by atomic mass is 9.92. The molecule has 1 atom stereocenters. The second kappa shape index (κ2) is 5.52. The van der Waals surface area contributed by atoms with Gasteiger partial charge in [-0.25, -0.2) is 0 Å². The second-order valence-electron chi connectivity index (χ2n) is 6.06. The van der Waals surface area contributed by atoms with Crippen LogP contribution in [-0.4, -0.2) is 27.0 Å². The summed E-state index contributed by atoms with van der Waals surface area (Å²) in [5.74, 6) is -1.28. The molecule has 1 N–H and O–H groups in total. The van der Waals surface area contributed by atoms with Crippen LogP contribution in [0.4, 0.5) is 5.13 Å². The van der Waals surface area contributed by atoms with E-state index < -0.39 is 17.7 Å². The minimum Gasteiger partial charge on any atom is -0.503 e. The maximum absolute atomic E-state index is 12.7. The zero-order chi connectivity index (χ0) is 16.8. The fourth-order valence-electron chi connectivity index (χ4n) is 3.08. The zero-order valence-corrected chi connectivity index (χ0v) is 13.8. The maximum Gasteiger partial charge on any atom is 0.296 e. The first-order valence-electron chi connectivity index (χ1n) is 7.72. The van der Waals surface area contributed by atoms with E-state index in [-0.39, 0.29) is 17.3 Å². The normalized spacial score (nSPS) is 20.8. The number of aryl methyl sites for hydroxylation is 1. The van der Waals surface area contributed by atoms with E-state index in [1.807, 2.05) is 31.2 Å². The van der Waals surface area contributed by atoms with Crippen LogP contribution in [0.25, 0.3) is 0 Å². The van der Waals surface area contributed by atoms with Gasteiger partial charge in [0.05, 0.1) is 11.6 Å². The summed E-state index contributed by atoms with van der Waals surface area (Å²) >= 11 is 1.20. The van der Waals surface area contributed by atoms with Crippen molar-refractivity contribution in [3.8, 4) is 0 Å². The lowest BCUT2D eigenvalue weighted by molar-refractivity contribution is -0.118. The fraction of sp³-hybridized carbons (Fsp3) is 0.294. The van der Waals surface area contributed by atoms with Gasteiger partial charge in [0.25, 0.3) is 5.91 Å². The zero-order valence-electron chi connectivity index (χ0n) is 13.0. The Morgan fingerprint density at radius 1 is 1.33 bits per heavy atom. The molecule has 6 nitrogen and oxygen atoms in total. The van der Waals surface area contributed by atoms with E-state index in [4.69, 9.17) is 0 Å². The monoisotopic (exact) mass is 341 g/mol. The molecule has 1 unspecified atom stereocenters. The number of amides is 1. The number of rotatable bonds is 4. The molecule has 122 valence electrons. The van der Waals surface area contributed by atoms with E-state index >= 15 is 0 Å². The smallest absolute Gasteiger partial charge is 0.296 e. The number of anilines is 1. The summed E-state index contributed by atoms with van der Waals surface area (Å²) in [6.45, 7) is 1.92. The molecule has 1 saturated carbocycles. The van der Waals surface area contributed by atoms with E-state index in [1.165, 1.54) is 21.7 Å². The summed E-state index contributed by atoms with van der Waals surface area (Å²) in [6.07, 6.45) is 1.62. The molecule has 1 amide bonds. The van der Waals surface area contributed by atoms with Gasteiger partial charge in [0.2, 0.25) is 5.13 Å². The Hall–Kier alpha value is -2.54. The van der Waals surface area contributed by atoms with Crippen LogP contribution in [0.3, 0.4) is 0 Å². The van der Waals surface area contributed by atoms with Crippen LogP contribution in [0.2, 0.25) is 0 Å². The van der Waals surface area contributed by atoms with Crippen LogP contribution < -0.4 is 4.90 Å². The number of hydrogen-bond donors (Lipinski definition) is 1. The predicted molar refractivity (Wildman–Crippen MR) is 88.7 cm³/mol. The highest BCUT2D eigenvalue weighted by Gasteiger charge is 2.48. The molecule has 0 spiro atoms. The number of aromatic nitrogens is 2.